The Balaban J connectivity index is 2.14. The standard InChI is InChI=1S/C14H17N3S/c1-9-4-10(2)6-12(5-9)7-18-14-11(3)13(15)16-8-17-14/h4-6,8H,7H2,1-3H3,(H2,15,16,17). The molecule has 18 heavy (non-hydrogen) atoms. The lowest BCUT2D eigenvalue weighted by Gasteiger charge is -2.07. The molecule has 0 saturated heterocycles. The second kappa shape index (κ2) is 5.40. The van der Waals surface area contributed by atoms with Crippen LogP contribution in [0.25, 0.3) is 0 Å². The van der Waals surface area contributed by atoms with Crippen molar-refractivity contribution in [1.29, 1.82) is 0 Å². The third kappa shape index (κ3) is 3.01. The Kier molecular flexibility index (Phi) is 3.87. The molecule has 1 heterocycles. The number of benzene rings is 1. The number of hydrogen-bond donors (Lipinski definition) is 1. The van der Waals surface area contributed by atoms with E-state index in [2.05, 4.69) is 42.0 Å². The second-order valence-corrected chi connectivity index (χ2v) is 5.44. The molecule has 0 bridgehead atoms. The normalized spacial score (nSPS) is 10.6. The van der Waals surface area contributed by atoms with Gasteiger partial charge in [-0.15, -0.1) is 11.8 Å². The number of hydrogen-bond acceptors (Lipinski definition) is 4. The van der Waals surface area contributed by atoms with Crippen LogP contribution in [0.1, 0.15) is 22.3 Å². The van der Waals surface area contributed by atoms with E-state index in [4.69, 9.17) is 5.73 Å². The van der Waals surface area contributed by atoms with Crippen molar-refractivity contribution in [3.05, 3.63) is 46.8 Å². The topological polar surface area (TPSA) is 51.8 Å². The summed E-state index contributed by atoms with van der Waals surface area (Å²) in [5, 5.41) is 0.960. The average Bonchev–Trinajstić information content (AvgIpc) is 2.30. The Bertz CT molecular complexity index is 547. The fraction of sp³-hybridized carbons (Fsp3) is 0.286. The first-order valence-electron chi connectivity index (χ1n) is 5.83. The summed E-state index contributed by atoms with van der Waals surface area (Å²) < 4.78 is 0. The Morgan fingerprint density at radius 1 is 1.06 bits per heavy atom. The van der Waals surface area contributed by atoms with Gasteiger partial charge in [-0.25, -0.2) is 9.97 Å². The van der Waals surface area contributed by atoms with Crippen LogP contribution in [-0.4, -0.2) is 9.97 Å². The van der Waals surface area contributed by atoms with Crippen molar-refractivity contribution < 1.29 is 0 Å². The van der Waals surface area contributed by atoms with Gasteiger partial charge in [0, 0.05) is 11.3 Å². The van der Waals surface area contributed by atoms with E-state index in [9.17, 15) is 0 Å². The van der Waals surface area contributed by atoms with E-state index in [-0.39, 0.29) is 0 Å². The lowest BCUT2D eigenvalue weighted by atomic mass is 10.1. The fourth-order valence-electron chi connectivity index (χ4n) is 1.90. The summed E-state index contributed by atoms with van der Waals surface area (Å²) in [4.78, 5) is 8.25. The first kappa shape index (κ1) is 12.9. The minimum Gasteiger partial charge on any atom is -0.383 e. The maximum Gasteiger partial charge on any atom is 0.130 e. The van der Waals surface area contributed by atoms with Gasteiger partial charge in [0.2, 0.25) is 0 Å². The van der Waals surface area contributed by atoms with E-state index in [0.29, 0.717) is 5.82 Å². The summed E-state index contributed by atoms with van der Waals surface area (Å²) in [5.41, 5.74) is 10.6. The molecule has 0 fully saturated rings. The van der Waals surface area contributed by atoms with Crippen LogP contribution in [0.5, 0.6) is 0 Å². The van der Waals surface area contributed by atoms with Gasteiger partial charge in [-0.3, -0.25) is 0 Å². The molecule has 0 aliphatic carbocycles. The maximum atomic E-state index is 5.77. The van der Waals surface area contributed by atoms with Crippen LogP contribution in [0.4, 0.5) is 5.82 Å². The SMILES string of the molecule is Cc1cc(C)cc(CSc2ncnc(N)c2C)c1. The smallest absolute Gasteiger partial charge is 0.130 e. The summed E-state index contributed by atoms with van der Waals surface area (Å²) in [6.07, 6.45) is 1.52. The molecule has 0 amide bonds. The van der Waals surface area contributed by atoms with Gasteiger partial charge >= 0.3 is 0 Å². The molecular formula is C14H17N3S. The number of anilines is 1. The van der Waals surface area contributed by atoms with Crippen molar-refractivity contribution in [2.45, 2.75) is 31.6 Å². The van der Waals surface area contributed by atoms with Gasteiger partial charge in [0.1, 0.15) is 17.2 Å². The molecule has 1 aromatic heterocycles. The highest BCUT2D eigenvalue weighted by Gasteiger charge is 2.05. The monoisotopic (exact) mass is 259 g/mol. The molecule has 2 aromatic rings. The van der Waals surface area contributed by atoms with Crippen LogP contribution < -0.4 is 5.73 Å². The second-order valence-electron chi connectivity index (χ2n) is 4.47. The van der Waals surface area contributed by atoms with Crippen molar-refractivity contribution in [3.63, 3.8) is 0 Å². The lowest BCUT2D eigenvalue weighted by molar-refractivity contribution is 1.01. The molecule has 2 N–H and O–H groups in total. The summed E-state index contributed by atoms with van der Waals surface area (Å²) in [5.74, 6) is 1.47. The molecule has 0 aliphatic heterocycles. The third-order valence-corrected chi connectivity index (χ3v) is 3.90. The molecule has 94 valence electrons. The number of rotatable bonds is 3. The lowest BCUT2D eigenvalue weighted by Crippen LogP contribution is -1.97. The number of aryl methyl sites for hydroxylation is 2. The molecule has 1 aromatic carbocycles. The zero-order chi connectivity index (χ0) is 13.1. The zero-order valence-electron chi connectivity index (χ0n) is 10.9. The van der Waals surface area contributed by atoms with E-state index in [1.165, 1.54) is 23.0 Å². The third-order valence-electron chi connectivity index (χ3n) is 2.73. The first-order valence-corrected chi connectivity index (χ1v) is 6.82. The summed E-state index contributed by atoms with van der Waals surface area (Å²) >= 11 is 1.70. The number of nitrogen functional groups attached to an aromatic ring is 1. The summed E-state index contributed by atoms with van der Waals surface area (Å²) in [6, 6.07) is 6.60. The van der Waals surface area contributed by atoms with Crippen molar-refractivity contribution in [1.82, 2.24) is 9.97 Å². The highest BCUT2D eigenvalue weighted by molar-refractivity contribution is 7.98. The van der Waals surface area contributed by atoms with Crippen LogP contribution in [0.2, 0.25) is 0 Å². The van der Waals surface area contributed by atoms with E-state index in [1.54, 1.807) is 11.8 Å². The first-order chi connectivity index (χ1) is 8.56. The number of nitrogens with two attached hydrogens (primary N) is 1. The average molecular weight is 259 g/mol. The van der Waals surface area contributed by atoms with Crippen LogP contribution in [-0.2, 0) is 5.75 Å². The minimum atomic E-state index is 0.563. The molecule has 3 nitrogen and oxygen atoms in total. The van der Waals surface area contributed by atoms with Crippen LogP contribution in [0.3, 0.4) is 0 Å². The van der Waals surface area contributed by atoms with Crippen LogP contribution in [0, 0.1) is 20.8 Å². The maximum absolute atomic E-state index is 5.77. The highest BCUT2D eigenvalue weighted by Crippen LogP contribution is 2.26. The largest absolute Gasteiger partial charge is 0.383 e. The van der Waals surface area contributed by atoms with Crippen molar-refractivity contribution in [3.8, 4) is 0 Å². The van der Waals surface area contributed by atoms with Gasteiger partial charge in [-0.2, -0.15) is 0 Å². The molecular weight excluding hydrogens is 242 g/mol. The minimum absolute atomic E-state index is 0.563. The van der Waals surface area contributed by atoms with E-state index in [1.807, 2.05) is 6.92 Å². The molecule has 2 rings (SSSR count). The van der Waals surface area contributed by atoms with Gasteiger partial charge in [-0.1, -0.05) is 29.3 Å². The molecule has 0 aliphatic rings. The van der Waals surface area contributed by atoms with E-state index < -0.39 is 0 Å². The van der Waals surface area contributed by atoms with Crippen molar-refractivity contribution in [2.75, 3.05) is 5.73 Å². The molecule has 0 unspecified atom stereocenters. The van der Waals surface area contributed by atoms with Crippen molar-refractivity contribution >= 4 is 17.6 Å². The molecule has 0 atom stereocenters. The Morgan fingerprint density at radius 3 is 2.39 bits per heavy atom. The zero-order valence-corrected chi connectivity index (χ0v) is 11.7. The summed E-state index contributed by atoms with van der Waals surface area (Å²) in [6.45, 7) is 6.20. The van der Waals surface area contributed by atoms with Crippen molar-refractivity contribution in [2.24, 2.45) is 0 Å². The Labute approximate surface area is 112 Å². The molecule has 0 saturated carbocycles. The molecule has 4 heteroatoms. The summed E-state index contributed by atoms with van der Waals surface area (Å²) in [7, 11) is 0. The molecule has 0 radical (unpaired) electrons. The van der Waals surface area contributed by atoms with Crippen LogP contribution in [0.15, 0.2) is 29.6 Å². The fourth-order valence-corrected chi connectivity index (χ4v) is 2.81. The van der Waals surface area contributed by atoms with E-state index in [0.717, 1.165) is 16.3 Å². The van der Waals surface area contributed by atoms with Gasteiger partial charge < -0.3 is 5.73 Å². The number of aromatic nitrogens is 2. The van der Waals surface area contributed by atoms with Crippen LogP contribution >= 0.6 is 11.8 Å². The Morgan fingerprint density at radius 2 is 1.72 bits per heavy atom. The number of thioether (sulfide) groups is 1. The van der Waals surface area contributed by atoms with Gasteiger partial charge in [0.25, 0.3) is 0 Å². The predicted octanol–water partition coefficient (Wildman–Crippen LogP) is 3.28. The van der Waals surface area contributed by atoms with Gasteiger partial charge in [0.05, 0.1) is 0 Å². The van der Waals surface area contributed by atoms with E-state index >= 15 is 0 Å². The van der Waals surface area contributed by atoms with Gasteiger partial charge in [0.15, 0.2) is 0 Å². The van der Waals surface area contributed by atoms with Gasteiger partial charge in [-0.05, 0) is 26.3 Å². The predicted molar refractivity (Wildman–Crippen MR) is 76.7 cm³/mol. The number of nitrogens with zero attached hydrogens (tertiary/aromatic N) is 2. The quantitative estimate of drug-likeness (QED) is 0.679. The highest BCUT2D eigenvalue weighted by atomic mass is 32.2. The Hall–Kier alpha value is -1.55. The molecule has 0 spiro atoms.